The number of carbonyl (C=O) groups is 2. The maximum atomic E-state index is 12.8. The molecule has 2 aromatic carbocycles. The van der Waals surface area contributed by atoms with Crippen LogP contribution in [-0.2, 0) is 16.1 Å². The Morgan fingerprint density at radius 3 is 2.74 bits per heavy atom. The van der Waals surface area contributed by atoms with Crippen LogP contribution in [0.5, 0.6) is 17.2 Å². The third-order valence-electron chi connectivity index (χ3n) is 5.27. The number of hydrogen-bond donors (Lipinski definition) is 1. The number of rotatable bonds is 5. The molecule has 7 nitrogen and oxygen atoms in total. The van der Waals surface area contributed by atoms with E-state index in [1.807, 2.05) is 6.07 Å². The average molecular weight is 442 g/mol. The summed E-state index contributed by atoms with van der Waals surface area (Å²) in [6.45, 7) is 0.0244. The summed E-state index contributed by atoms with van der Waals surface area (Å²) in [4.78, 5) is 26.6. The van der Waals surface area contributed by atoms with Crippen molar-refractivity contribution in [2.45, 2.75) is 12.6 Å². The second-order valence-electron chi connectivity index (χ2n) is 7.06. The highest BCUT2D eigenvalue weighted by Crippen LogP contribution is 2.40. The maximum absolute atomic E-state index is 12.8. The van der Waals surface area contributed by atoms with Gasteiger partial charge in [-0.25, -0.2) is 4.79 Å². The lowest BCUT2D eigenvalue weighted by Crippen LogP contribution is -2.41. The predicted octanol–water partition coefficient (Wildman–Crippen LogP) is 3.56. The first-order valence-corrected chi connectivity index (χ1v) is 9.89. The fourth-order valence-corrected chi connectivity index (χ4v) is 3.94. The van der Waals surface area contributed by atoms with Crippen molar-refractivity contribution in [2.24, 2.45) is 0 Å². The molecule has 0 saturated heterocycles. The molecule has 0 aliphatic carbocycles. The maximum Gasteiger partial charge on any atom is 0.330 e. The average Bonchev–Trinajstić information content (AvgIpc) is 2.90. The second kappa shape index (κ2) is 8.35. The number of ketones is 1. The molecule has 4 rings (SSSR count). The molecule has 2 heterocycles. The number of nitrogens with zero attached hydrogens (tertiary/aromatic N) is 1. The van der Waals surface area contributed by atoms with Gasteiger partial charge in [0, 0.05) is 34.3 Å². The third kappa shape index (κ3) is 3.84. The SMILES string of the molecule is COc1ccc(CN2C3=C(C=CC2C(=O)O)C(=O)COc2cc(Cl)ccc23)c(OC)c1. The smallest absolute Gasteiger partial charge is 0.330 e. The van der Waals surface area contributed by atoms with Crippen LogP contribution in [0.3, 0.4) is 0 Å². The number of aliphatic carboxylic acids is 1. The van der Waals surface area contributed by atoms with Crippen LogP contribution < -0.4 is 14.2 Å². The minimum Gasteiger partial charge on any atom is -0.497 e. The minimum atomic E-state index is -1.04. The van der Waals surface area contributed by atoms with Gasteiger partial charge in [0.05, 0.1) is 19.9 Å². The normalized spacial score (nSPS) is 17.5. The lowest BCUT2D eigenvalue weighted by atomic mass is 9.95. The van der Waals surface area contributed by atoms with Crippen LogP contribution in [0.1, 0.15) is 11.1 Å². The molecule has 8 heteroatoms. The Balaban J connectivity index is 1.87. The van der Waals surface area contributed by atoms with Crippen molar-refractivity contribution in [1.29, 1.82) is 0 Å². The topological polar surface area (TPSA) is 85.3 Å². The second-order valence-corrected chi connectivity index (χ2v) is 7.50. The number of carboxylic acid groups (broad SMARTS) is 1. The number of benzene rings is 2. The number of allylic oxidation sites excluding steroid dienone is 1. The molecule has 160 valence electrons. The molecule has 2 aromatic rings. The molecule has 0 fully saturated rings. The number of Topliss-reactive ketones (excluding diaryl/α,β-unsaturated/α-hetero) is 1. The quantitative estimate of drug-likeness (QED) is 0.759. The zero-order valence-electron chi connectivity index (χ0n) is 16.9. The number of halogens is 1. The summed E-state index contributed by atoms with van der Waals surface area (Å²) in [7, 11) is 3.09. The number of hydrogen-bond acceptors (Lipinski definition) is 6. The molecule has 1 N–H and O–H groups in total. The monoisotopic (exact) mass is 441 g/mol. The summed E-state index contributed by atoms with van der Waals surface area (Å²) >= 11 is 6.12. The van der Waals surface area contributed by atoms with Crippen LogP contribution in [0.4, 0.5) is 0 Å². The van der Waals surface area contributed by atoms with Crippen LogP contribution in [-0.4, -0.2) is 48.6 Å². The highest BCUT2D eigenvalue weighted by atomic mass is 35.5. The van der Waals surface area contributed by atoms with E-state index in [-0.39, 0.29) is 18.9 Å². The van der Waals surface area contributed by atoms with Gasteiger partial charge in [0.15, 0.2) is 6.61 Å². The van der Waals surface area contributed by atoms with E-state index in [9.17, 15) is 14.7 Å². The lowest BCUT2D eigenvalue weighted by Gasteiger charge is -2.35. The zero-order chi connectivity index (χ0) is 22.1. The molecule has 1 atom stereocenters. The lowest BCUT2D eigenvalue weighted by molar-refractivity contribution is -0.140. The van der Waals surface area contributed by atoms with Gasteiger partial charge < -0.3 is 24.2 Å². The van der Waals surface area contributed by atoms with Gasteiger partial charge in [-0.05, 0) is 30.3 Å². The first kappa shape index (κ1) is 20.8. The van der Waals surface area contributed by atoms with Crippen LogP contribution in [0.15, 0.2) is 54.1 Å². The Morgan fingerprint density at radius 1 is 1.23 bits per heavy atom. The molecular formula is C23H20ClNO6. The third-order valence-corrected chi connectivity index (χ3v) is 5.50. The summed E-state index contributed by atoms with van der Waals surface area (Å²) in [6, 6.07) is 9.38. The van der Waals surface area contributed by atoms with Crippen LogP contribution >= 0.6 is 11.6 Å². The first-order chi connectivity index (χ1) is 14.9. The highest BCUT2D eigenvalue weighted by Gasteiger charge is 2.36. The van der Waals surface area contributed by atoms with Crippen molar-refractivity contribution < 1.29 is 28.9 Å². The van der Waals surface area contributed by atoms with Crippen molar-refractivity contribution in [1.82, 2.24) is 4.90 Å². The van der Waals surface area contributed by atoms with Gasteiger partial charge in [-0.3, -0.25) is 4.79 Å². The number of ether oxygens (including phenoxy) is 3. The molecule has 1 unspecified atom stereocenters. The summed E-state index contributed by atoms with van der Waals surface area (Å²) < 4.78 is 16.4. The molecule has 0 bridgehead atoms. The summed E-state index contributed by atoms with van der Waals surface area (Å²) in [5, 5.41) is 10.4. The van der Waals surface area contributed by atoms with Gasteiger partial charge >= 0.3 is 5.97 Å². The van der Waals surface area contributed by atoms with Crippen LogP contribution in [0.25, 0.3) is 5.70 Å². The van der Waals surface area contributed by atoms with E-state index >= 15 is 0 Å². The predicted molar refractivity (Wildman–Crippen MR) is 115 cm³/mol. The number of methoxy groups -OCH3 is 2. The zero-order valence-corrected chi connectivity index (χ0v) is 17.7. The van der Waals surface area contributed by atoms with Gasteiger partial charge in [-0.2, -0.15) is 0 Å². The van der Waals surface area contributed by atoms with E-state index in [0.717, 1.165) is 5.56 Å². The molecule has 31 heavy (non-hydrogen) atoms. The number of carboxylic acids is 1. The summed E-state index contributed by atoms with van der Waals surface area (Å²) in [5.41, 5.74) is 2.23. The van der Waals surface area contributed by atoms with Crippen LogP contribution in [0, 0.1) is 0 Å². The summed E-state index contributed by atoms with van der Waals surface area (Å²) in [6.07, 6.45) is 3.07. The molecule has 0 radical (unpaired) electrons. The van der Waals surface area contributed by atoms with Gasteiger partial charge in [-0.15, -0.1) is 0 Å². The van der Waals surface area contributed by atoms with Gasteiger partial charge in [0.1, 0.15) is 23.3 Å². The Kier molecular flexibility index (Phi) is 5.61. The molecular weight excluding hydrogens is 422 g/mol. The first-order valence-electron chi connectivity index (χ1n) is 9.51. The van der Waals surface area contributed by atoms with E-state index in [4.69, 9.17) is 25.8 Å². The molecule has 2 aliphatic heterocycles. The fourth-order valence-electron chi connectivity index (χ4n) is 3.78. The van der Waals surface area contributed by atoms with E-state index in [0.29, 0.717) is 39.1 Å². The Hall–Kier alpha value is -3.45. The minimum absolute atomic E-state index is 0.159. The van der Waals surface area contributed by atoms with Crippen molar-refractivity contribution in [3.05, 3.63) is 70.3 Å². The molecule has 2 aliphatic rings. The van der Waals surface area contributed by atoms with Crippen molar-refractivity contribution >= 4 is 29.1 Å². The number of fused-ring (bicyclic) bond motifs is 2. The van der Waals surface area contributed by atoms with E-state index in [1.54, 1.807) is 48.4 Å². The Bertz CT molecular complexity index is 1120. The van der Waals surface area contributed by atoms with Crippen molar-refractivity contribution in [2.75, 3.05) is 20.8 Å². The van der Waals surface area contributed by atoms with Crippen molar-refractivity contribution in [3.63, 3.8) is 0 Å². The molecule has 0 aromatic heterocycles. The van der Waals surface area contributed by atoms with Gasteiger partial charge in [-0.1, -0.05) is 23.8 Å². The molecule has 0 spiro atoms. The molecule has 0 saturated carbocycles. The Morgan fingerprint density at radius 2 is 2.03 bits per heavy atom. The van der Waals surface area contributed by atoms with Crippen molar-refractivity contribution in [3.8, 4) is 17.2 Å². The van der Waals surface area contributed by atoms with E-state index < -0.39 is 12.0 Å². The number of carbonyl (C=O) groups excluding carboxylic acids is 1. The highest BCUT2D eigenvalue weighted by molar-refractivity contribution is 6.30. The fraction of sp³-hybridized carbons (Fsp3) is 0.217. The van der Waals surface area contributed by atoms with E-state index in [1.165, 1.54) is 13.2 Å². The largest absolute Gasteiger partial charge is 0.497 e. The standard InChI is InChI=1S/C23H20ClNO6/c1-29-15-5-3-13(20(10-15)30-2)11-25-18(23(27)28)8-7-16-19(26)12-31-21-9-14(24)4-6-17(21)22(16)25/h3-10,18H,11-12H2,1-2H3,(H,27,28). The van der Waals surface area contributed by atoms with Crippen LogP contribution in [0.2, 0.25) is 5.02 Å². The van der Waals surface area contributed by atoms with Gasteiger partial charge in [0.2, 0.25) is 5.78 Å². The molecule has 0 amide bonds. The van der Waals surface area contributed by atoms with Gasteiger partial charge in [0.25, 0.3) is 0 Å². The summed E-state index contributed by atoms with van der Waals surface area (Å²) in [5.74, 6) is 0.314. The van der Waals surface area contributed by atoms with E-state index in [2.05, 4.69) is 0 Å². The Labute approximate surface area is 184 Å².